The van der Waals surface area contributed by atoms with Crippen LogP contribution < -0.4 is 10.6 Å². The van der Waals surface area contributed by atoms with Gasteiger partial charge in [-0.3, -0.25) is 19.8 Å². The number of aliphatic hydroxyl groups is 1. The van der Waals surface area contributed by atoms with Crippen molar-refractivity contribution < 1.29 is 19.5 Å². The zero-order valence-corrected chi connectivity index (χ0v) is 14.3. The molecule has 24 heavy (non-hydrogen) atoms. The average Bonchev–Trinajstić information content (AvgIpc) is 2.56. The monoisotopic (exact) mass is 340 g/mol. The van der Waals surface area contributed by atoms with Crippen LogP contribution in [-0.4, -0.2) is 78.1 Å². The van der Waals surface area contributed by atoms with Crippen molar-refractivity contribution in [3.05, 3.63) is 0 Å². The lowest BCUT2D eigenvalue weighted by molar-refractivity contribution is -0.136. The quantitative estimate of drug-likeness (QED) is 0.642. The van der Waals surface area contributed by atoms with E-state index in [4.69, 9.17) is 5.11 Å². The fourth-order valence-corrected chi connectivity index (χ4v) is 3.36. The van der Waals surface area contributed by atoms with E-state index in [0.717, 1.165) is 19.3 Å². The maximum absolute atomic E-state index is 12.0. The summed E-state index contributed by atoms with van der Waals surface area (Å²) in [5.74, 6) is -0.185. The van der Waals surface area contributed by atoms with Crippen molar-refractivity contribution in [1.82, 2.24) is 20.4 Å². The highest BCUT2D eigenvalue weighted by molar-refractivity contribution is 5.95. The molecule has 1 saturated carbocycles. The van der Waals surface area contributed by atoms with Gasteiger partial charge in [0.25, 0.3) is 0 Å². The van der Waals surface area contributed by atoms with Gasteiger partial charge in [0.2, 0.25) is 11.8 Å². The van der Waals surface area contributed by atoms with Crippen LogP contribution in [-0.2, 0) is 9.59 Å². The Labute approximate surface area is 142 Å². The summed E-state index contributed by atoms with van der Waals surface area (Å²) in [5.41, 5.74) is 0. The van der Waals surface area contributed by atoms with Gasteiger partial charge in [-0.05, 0) is 18.8 Å². The highest BCUT2D eigenvalue weighted by atomic mass is 16.3. The van der Waals surface area contributed by atoms with Crippen molar-refractivity contribution in [2.24, 2.45) is 5.92 Å². The Morgan fingerprint density at radius 3 is 2.38 bits per heavy atom. The lowest BCUT2D eigenvalue weighted by Crippen LogP contribution is -2.53. The predicted molar refractivity (Wildman–Crippen MR) is 88.2 cm³/mol. The summed E-state index contributed by atoms with van der Waals surface area (Å²) >= 11 is 0. The third-order valence-corrected chi connectivity index (χ3v) is 4.91. The Bertz CT molecular complexity index is 463. The molecule has 4 amide bonds. The SMILES string of the molecule is C[C@H]1CCCC[C@H]1NC(=O)NC(=O)CN1CCN(C(=O)CO)CC1. The van der Waals surface area contributed by atoms with E-state index in [9.17, 15) is 14.4 Å². The minimum absolute atomic E-state index is 0.134. The number of hydrogen-bond donors (Lipinski definition) is 3. The third kappa shape index (κ3) is 5.45. The van der Waals surface area contributed by atoms with Crippen molar-refractivity contribution >= 4 is 17.8 Å². The molecule has 8 heteroatoms. The van der Waals surface area contributed by atoms with Crippen molar-refractivity contribution in [2.75, 3.05) is 39.3 Å². The molecule has 3 N–H and O–H groups in total. The van der Waals surface area contributed by atoms with Gasteiger partial charge in [0.05, 0.1) is 6.54 Å². The minimum atomic E-state index is -0.486. The summed E-state index contributed by atoms with van der Waals surface area (Å²) in [6, 6.07) is -0.285. The van der Waals surface area contributed by atoms with Gasteiger partial charge in [0.15, 0.2) is 0 Å². The summed E-state index contributed by atoms with van der Waals surface area (Å²) in [7, 11) is 0. The number of amides is 4. The topological polar surface area (TPSA) is 102 Å². The first kappa shape index (κ1) is 18.7. The molecule has 0 aromatic heterocycles. The van der Waals surface area contributed by atoms with E-state index < -0.39 is 12.6 Å². The highest BCUT2D eigenvalue weighted by Crippen LogP contribution is 2.23. The second kappa shape index (κ2) is 8.98. The molecule has 8 nitrogen and oxygen atoms in total. The van der Waals surface area contributed by atoms with E-state index >= 15 is 0 Å². The summed E-state index contributed by atoms with van der Waals surface area (Å²) < 4.78 is 0. The molecule has 0 spiro atoms. The fourth-order valence-electron chi connectivity index (χ4n) is 3.36. The van der Waals surface area contributed by atoms with Crippen LogP contribution >= 0.6 is 0 Å². The number of nitrogens with one attached hydrogen (secondary N) is 2. The van der Waals surface area contributed by atoms with E-state index in [0.29, 0.717) is 32.1 Å². The van der Waals surface area contributed by atoms with Crippen molar-refractivity contribution in [2.45, 2.75) is 38.6 Å². The van der Waals surface area contributed by atoms with Gasteiger partial charge in [0, 0.05) is 32.2 Å². The van der Waals surface area contributed by atoms with Gasteiger partial charge in [-0.1, -0.05) is 19.8 Å². The smallest absolute Gasteiger partial charge is 0.321 e. The van der Waals surface area contributed by atoms with Gasteiger partial charge in [0.1, 0.15) is 6.61 Å². The molecule has 2 atom stereocenters. The van der Waals surface area contributed by atoms with Gasteiger partial charge >= 0.3 is 6.03 Å². The molecular formula is C16H28N4O4. The van der Waals surface area contributed by atoms with Crippen LogP contribution in [0.25, 0.3) is 0 Å². The first-order valence-corrected chi connectivity index (χ1v) is 8.71. The molecule has 0 aromatic carbocycles. The molecule has 0 radical (unpaired) electrons. The summed E-state index contributed by atoms with van der Waals surface area (Å²) in [4.78, 5) is 38.8. The summed E-state index contributed by atoms with van der Waals surface area (Å²) in [5, 5.41) is 14.1. The van der Waals surface area contributed by atoms with Gasteiger partial charge in [-0.15, -0.1) is 0 Å². The molecule has 0 unspecified atom stereocenters. The van der Waals surface area contributed by atoms with Crippen molar-refractivity contribution in [3.8, 4) is 0 Å². The Hall–Kier alpha value is -1.67. The molecule has 1 saturated heterocycles. The second-order valence-electron chi connectivity index (χ2n) is 6.70. The number of rotatable bonds is 4. The molecule has 136 valence electrons. The van der Waals surface area contributed by atoms with Crippen LogP contribution in [0.1, 0.15) is 32.6 Å². The van der Waals surface area contributed by atoms with E-state index in [1.54, 1.807) is 4.90 Å². The molecular weight excluding hydrogens is 312 g/mol. The molecule has 2 aliphatic rings. The van der Waals surface area contributed by atoms with Crippen LogP contribution in [0.4, 0.5) is 4.79 Å². The maximum atomic E-state index is 12.0. The van der Waals surface area contributed by atoms with E-state index in [1.165, 1.54) is 6.42 Å². The first-order valence-electron chi connectivity index (χ1n) is 8.71. The summed E-state index contributed by atoms with van der Waals surface area (Å²) in [6.07, 6.45) is 4.38. The minimum Gasteiger partial charge on any atom is -0.387 e. The molecule has 2 rings (SSSR count). The zero-order chi connectivity index (χ0) is 17.5. The number of carbonyl (C=O) groups excluding carboxylic acids is 3. The van der Waals surface area contributed by atoms with Crippen LogP contribution in [0.2, 0.25) is 0 Å². The Balaban J connectivity index is 1.68. The van der Waals surface area contributed by atoms with E-state index in [2.05, 4.69) is 17.6 Å². The number of carbonyl (C=O) groups is 3. The normalized spacial score (nSPS) is 25.2. The molecule has 1 aliphatic heterocycles. The van der Waals surface area contributed by atoms with Crippen LogP contribution in [0.15, 0.2) is 0 Å². The zero-order valence-electron chi connectivity index (χ0n) is 14.3. The maximum Gasteiger partial charge on any atom is 0.321 e. The van der Waals surface area contributed by atoms with E-state index in [-0.39, 0.29) is 24.4 Å². The molecule has 1 aliphatic carbocycles. The number of urea groups is 1. The van der Waals surface area contributed by atoms with Crippen molar-refractivity contribution in [1.29, 1.82) is 0 Å². The van der Waals surface area contributed by atoms with Crippen molar-refractivity contribution in [3.63, 3.8) is 0 Å². The lowest BCUT2D eigenvalue weighted by atomic mass is 9.86. The second-order valence-corrected chi connectivity index (χ2v) is 6.70. The number of imide groups is 1. The highest BCUT2D eigenvalue weighted by Gasteiger charge is 2.25. The average molecular weight is 340 g/mol. The number of piperazine rings is 1. The Kier molecular flexibility index (Phi) is 6.99. The van der Waals surface area contributed by atoms with Gasteiger partial charge in [-0.25, -0.2) is 4.79 Å². The predicted octanol–water partition coefficient (Wildman–Crippen LogP) is -0.473. The number of aliphatic hydroxyl groups excluding tert-OH is 1. The first-order chi connectivity index (χ1) is 11.5. The Morgan fingerprint density at radius 2 is 1.75 bits per heavy atom. The third-order valence-electron chi connectivity index (χ3n) is 4.91. The Morgan fingerprint density at radius 1 is 1.08 bits per heavy atom. The lowest BCUT2D eigenvalue weighted by Gasteiger charge is -2.34. The number of nitrogens with zero attached hydrogens (tertiary/aromatic N) is 2. The molecule has 2 fully saturated rings. The van der Waals surface area contributed by atoms with Crippen LogP contribution in [0, 0.1) is 5.92 Å². The van der Waals surface area contributed by atoms with Crippen LogP contribution in [0.5, 0.6) is 0 Å². The molecule has 0 bridgehead atoms. The molecule has 1 heterocycles. The van der Waals surface area contributed by atoms with E-state index in [1.807, 2.05) is 4.90 Å². The van der Waals surface area contributed by atoms with Gasteiger partial charge < -0.3 is 15.3 Å². The summed E-state index contributed by atoms with van der Waals surface area (Å²) in [6.45, 7) is 3.85. The fraction of sp³-hybridized carbons (Fsp3) is 0.812. The molecule has 0 aromatic rings. The number of hydrogen-bond acceptors (Lipinski definition) is 5. The standard InChI is InChI=1S/C16H28N4O4/c1-12-4-2-3-5-13(12)17-16(24)18-14(22)10-19-6-8-20(9-7-19)15(23)11-21/h12-13,21H,2-11H2,1H3,(H2,17,18,22,24)/t12-,13+/m0/s1. The largest absolute Gasteiger partial charge is 0.387 e. The van der Waals surface area contributed by atoms with Crippen LogP contribution in [0.3, 0.4) is 0 Å². The van der Waals surface area contributed by atoms with Gasteiger partial charge in [-0.2, -0.15) is 0 Å².